The minimum atomic E-state index is -0.392. The Morgan fingerprint density at radius 3 is 2.56 bits per heavy atom. The number of nitriles is 1. The molecule has 4 nitrogen and oxygen atoms in total. The van der Waals surface area contributed by atoms with Gasteiger partial charge in [-0.15, -0.1) is 0 Å². The Morgan fingerprint density at radius 2 is 1.84 bits per heavy atom. The molecule has 0 aliphatic carbocycles. The van der Waals surface area contributed by atoms with Gasteiger partial charge in [-0.2, -0.15) is 5.26 Å². The zero-order chi connectivity index (χ0) is 17.8. The van der Waals surface area contributed by atoms with Crippen LogP contribution in [0.1, 0.15) is 39.1 Å². The molecule has 1 heterocycles. The van der Waals surface area contributed by atoms with Gasteiger partial charge in [0.05, 0.1) is 11.6 Å². The first-order valence-corrected chi connectivity index (χ1v) is 8.18. The number of ketones is 1. The van der Waals surface area contributed by atoms with Crippen molar-refractivity contribution in [2.24, 2.45) is 5.92 Å². The van der Waals surface area contributed by atoms with E-state index in [1.807, 2.05) is 6.07 Å². The summed E-state index contributed by atoms with van der Waals surface area (Å²) >= 11 is 0. The summed E-state index contributed by atoms with van der Waals surface area (Å²) in [5.74, 6) is -1.02. The maximum absolute atomic E-state index is 13.0. The zero-order valence-corrected chi connectivity index (χ0v) is 13.6. The fourth-order valence-corrected chi connectivity index (χ4v) is 3.17. The van der Waals surface area contributed by atoms with Gasteiger partial charge < -0.3 is 4.90 Å². The molecule has 5 heteroatoms. The zero-order valence-electron chi connectivity index (χ0n) is 13.6. The second-order valence-corrected chi connectivity index (χ2v) is 6.12. The predicted octanol–water partition coefficient (Wildman–Crippen LogP) is 3.43. The summed E-state index contributed by atoms with van der Waals surface area (Å²) in [5, 5.41) is 9.18. The number of hydrogen-bond donors (Lipinski definition) is 0. The summed E-state index contributed by atoms with van der Waals surface area (Å²) in [6.45, 7) is 0.884. The van der Waals surface area contributed by atoms with Gasteiger partial charge in [-0.05, 0) is 43.2 Å². The number of nitrogens with zero attached hydrogens (tertiary/aromatic N) is 2. The number of carbonyl (C=O) groups excluding carboxylic acids is 2. The summed E-state index contributed by atoms with van der Waals surface area (Å²) in [4.78, 5) is 27.0. The molecule has 1 saturated heterocycles. The van der Waals surface area contributed by atoms with Crippen molar-refractivity contribution in [2.75, 3.05) is 13.1 Å². The molecule has 126 valence electrons. The normalized spacial score (nSPS) is 17.0. The highest BCUT2D eigenvalue weighted by molar-refractivity contribution is 6.01. The Kier molecular flexibility index (Phi) is 4.90. The molecule has 2 aromatic rings. The lowest BCUT2D eigenvalue weighted by atomic mass is 9.88. The third-order valence-electron chi connectivity index (χ3n) is 4.48. The lowest BCUT2D eigenvalue weighted by Crippen LogP contribution is -2.42. The molecule has 0 spiro atoms. The lowest BCUT2D eigenvalue weighted by Gasteiger charge is -2.32. The molecule has 1 atom stereocenters. The third kappa shape index (κ3) is 3.58. The van der Waals surface area contributed by atoms with Crippen molar-refractivity contribution in [3.05, 3.63) is 71.0 Å². The van der Waals surface area contributed by atoms with Crippen molar-refractivity contribution >= 4 is 11.7 Å². The van der Waals surface area contributed by atoms with Crippen molar-refractivity contribution < 1.29 is 14.0 Å². The lowest BCUT2D eigenvalue weighted by molar-refractivity contribution is 0.0637. The highest BCUT2D eigenvalue weighted by atomic mass is 19.1. The van der Waals surface area contributed by atoms with Crippen LogP contribution in [0.4, 0.5) is 4.39 Å². The molecule has 25 heavy (non-hydrogen) atoms. The summed E-state index contributed by atoms with van der Waals surface area (Å²) in [6.07, 6.45) is 1.41. The van der Waals surface area contributed by atoms with Crippen LogP contribution >= 0.6 is 0 Å². The fraction of sp³-hybridized carbons (Fsp3) is 0.250. The van der Waals surface area contributed by atoms with Crippen LogP contribution in [0.2, 0.25) is 0 Å². The number of likely N-dealkylation sites (tertiary alicyclic amines) is 1. The number of benzene rings is 2. The van der Waals surface area contributed by atoms with E-state index in [4.69, 9.17) is 0 Å². The van der Waals surface area contributed by atoms with Crippen molar-refractivity contribution in [1.29, 1.82) is 5.26 Å². The van der Waals surface area contributed by atoms with Crippen LogP contribution < -0.4 is 0 Å². The van der Waals surface area contributed by atoms with Gasteiger partial charge in [-0.25, -0.2) is 4.39 Å². The number of halogens is 1. The van der Waals surface area contributed by atoms with Gasteiger partial charge in [0.2, 0.25) is 0 Å². The number of Topliss-reactive ketones (excluding diaryl/α,β-unsaturated/α-hetero) is 1. The van der Waals surface area contributed by atoms with Crippen LogP contribution in [-0.2, 0) is 0 Å². The largest absolute Gasteiger partial charge is 0.338 e. The molecule has 1 aliphatic rings. The molecular weight excluding hydrogens is 319 g/mol. The van der Waals surface area contributed by atoms with E-state index in [0.29, 0.717) is 36.2 Å². The summed E-state index contributed by atoms with van der Waals surface area (Å²) in [6, 6.07) is 14.2. The number of rotatable bonds is 3. The van der Waals surface area contributed by atoms with E-state index in [-0.39, 0.29) is 17.6 Å². The number of amides is 1. The Morgan fingerprint density at radius 1 is 1.12 bits per heavy atom. The van der Waals surface area contributed by atoms with Gasteiger partial charge in [0, 0.05) is 30.1 Å². The average Bonchev–Trinajstić information content (AvgIpc) is 2.67. The van der Waals surface area contributed by atoms with E-state index in [9.17, 15) is 19.2 Å². The highest BCUT2D eigenvalue weighted by Crippen LogP contribution is 2.24. The van der Waals surface area contributed by atoms with E-state index < -0.39 is 5.82 Å². The van der Waals surface area contributed by atoms with Crippen molar-refractivity contribution in [3.8, 4) is 6.07 Å². The van der Waals surface area contributed by atoms with Gasteiger partial charge in [-0.1, -0.05) is 18.2 Å². The molecule has 1 amide bonds. The highest BCUT2D eigenvalue weighted by Gasteiger charge is 2.30. The summed E-state index contributed by atoms with van der Waals surface area (Å²) in [7, 11) is 0. The van der Waals surface area contributed by atoms with E-state index in [1.165, 1.54) is 24.3 Å². The predicted molar refractivity (Wildman–Crippen MR) is 90.5 cm³/mol. The first-order chi connectivity index (χ1) is 12.1. The maximum Gasteiger partial charge on any atom is 0.253 e. The van der Waals surface area contributed by atoms with Crippen LogP contribution in [0.5, 0.6) is 0 Å². The van der Waals surface area contributed by atoms with Gasteiger partial charge in [0.1, 0.15) is 5.82 Å². The minimum absolute atomic E-state index is 0.103. The standard InChI is InChI=1S/C20H17FN2O2/c21-17-9-7-14(8-10-17)20(25)23-11-3-5-16(13-23)19(24)18-6-2-1-4-15(18)12-22/h1-2,4,6-10,16H,3,5,11,13H2. The molecule has 1 unspecified atom stereocenters. The Hall–Kier alpha value is -3.00. The Labute approximate surface area is 145 Å². The molecule has 0 N–H and O–H groups in total. The van der Waals surface area contributed by atoms with Crippen LogP contribution in [0.25, 0.3) is 0 Å². The van der Waals surface area contributed by atoms with E-state index >= 15 is 0 Å². The molecule has 0 saturated carbocycles. The molecule has 1 aliphatic heterocycles. The maximum atomic E-state index is 13.0. The van der Waals surface area contributed by atoms with Crippen LogP contribution in [0.3, 0.4) is 0 Å². The van der Waals surface area contributed by atoms with Gasteiger partial charge in [-0.3, -0.25) is 9.59 Å². The third-order valence-corrected chi connectivity index (χ3v) is 4.48. The summed E-state index contributed by atoms with van der Waals surface area (Å²) < 4.78 is 13.0. The van der Waals surface area contributed by atoms with E-state index in [1.54, 1.807) is 29.2 Å². The Balaban J connectivity index is 1.77. The van der Waals surface area contributed by atoms with Crippen LogP contribution in [-0.4, -0.2) is 29.7 Å². The second-order valence-electron chi connectivity index (χ2n) is 6.12. The van der Waals surface area contributed by atoms with Gasteiger partial charge in [0.15, 0.2) is 5.78 Å². The van der Waals surface area contributed by atoms with Crippen molar-refractivity contribution in [3.63, 3.8) is 0 Å². The first-order valence-electron chi connectivity index (χ1n) is 8.18. The monoisotopic (exact) mass is 336 g/mol. The summed E-state index contributed by atoms with van der Waals surface area (Å²) in [5.41, 5.74) is 1.17. The van der Waals surface area contributed by atoms with Crippen LogP contribution in [0, 0.1) is 23.1 Å². The topological polar surface area (TPSA) is 61.2 Å². The SMILES string of the molecule is N#Cc1ccccc1C(=O)C1CCCN(C(=O)c2ccc(F)cc2)C1. The van der Waals surface area contributed by atoms with Crippen LogP contribution in [0.15, 0.2) is 48.5 Å². The quantitative estimate of drug-likeness (QED) is 0.807. The molecule has 0 bridgehead atoms. The number of carbonyl (C=O) groups is 2. The molecular formula is C20H17FN2O2. The Bertz CT molecular complexity index is 840. The first kappa shape index (κ1) is 16.8. The molecule has 0 radical (unpaired) electrons. The number of hydrogen-bond acceptors (Lipinski definition) is 3. The minimum Gasteiger partial charge on any atom is -0.338 e. The average molecular weight is 336 g/mol. The molecule has 2 aromatic carbocycles. The van der Waals surface area contributed by atoms with E-state index in [0.717, 1.165) is 6.42 Å². The van der Waals surface area contributed by atoms with Gasteiger partial charge >= 0.3 is 0 Å². The molecule has 3 rings (SSSR count). The fourth-order valence-electron chi connectivity index (χ4n) is 3.17. The number of piperidine rings is 1. The molecule has 0 aromatic heterocycles. The van der Waals surface area contributed by atoms with Gasteiger partial charge in [0.25, 0.3) is 5.91 Å². The molecule has 1 fully saturated rings. The smallest absolute Gasteiger partial charge is 0.253 e. The van der Waals surface area contributed by atoms with Crippen molar-refractivity contribution in [1.82, 2.24) is 4.90 Å². The van der Waals surface area contributed by atoms with E-state index in [2.05, 4.69) is 0 Å². The second kappa shape index (κ2) is 7.27. The van der Waals surface area contributed by atoms with Crippen molar-refractivity contribution in [2.45, 2.75) is 12.8 Å².